The number of hydrogen-bond acceptors (Lipinski definition) is 4. The van der Waals surface area contributed by atoms with E-state index in [0.29, 0.717) is 6.54 Å². The molecule has 23 heavy (non-hydrogen) atoms. The molecule has 0 saturated heterocycles. The molecule has 1 aromatic carbocycles. The van der Waals surface area contributed by atoms with Crippen LogP contribution in [0, 0.1) is 5.92 Å². The van der Waals surface area contributed by atoms with Gasteiger partial charge in [-0.3, -0.25) is 4.79 Å². The number of carbonyl (C=O) groups excluding carboxylic acids is 1. The molecule has 1 aliphatic rings. The van der Waals surface area contributed by atoms with Gasteiger partial charge in [-0.1, -0.05) is 34.1 Å². The molecule has 1 aromatic heterocycles. The lowest BCUT2D eigenvalue weighted by atomic mass is 10.1. The first-order chi connectivity index (χ1) is 10.9. The first-order valence-corrected chi connectivity index (χ1v) is 10.2. The highest BCUT2D eigenvalue weighted by molar-refractivity contribution is 9.10. The molecule has 5 nitrogen and oxygen atoms in total. The van der Waals surface area contributed by atoms with Gasteiger partial charge < -0.3 is 5.32 Å². The van der Waals surface area contributed by atoms with Crippen LogP contribution in [-0.4, -0.2) is 14.3 Å². The zero-order valence-electron chi connectivity index (χ0n) is 12.0. The second kappa shape index (κ2) is 6.35. The van der Waals surface area contributed by atoms with Crippen molar-refractivity contribution in [2.24, 2.45) is 11.1 Å². The zero-order valence-corrected chi connectivity index (χ0v) is 15.2. The van der Waals surface area contributed by atoms with Gasteiger partial charge in [0, 0.05) is 15.3 Å². The Kier molecular flexibility index (Phi) is 4.59. The van der Waals surface area contributed by atoms with Crippen LogP contribution in [0.15, 0.2) is 45.1 Å². The number of rotatable bonds is 5. The molecule has 0 spiro atoms. The third-order valence-corrected chi connectivity index (χ3v) is 7.03. The van der Waals surface area contributed by atoms with E-state index in [0.717, 1.165) is 32.7 Å². The summed E-state index contributed by atoms with van der Waals surface area (Å²) in [4.78, 5) is 13.0. The minimum atomic E-state index is -3.67. The number of nitrogens with two attached hydrogens (primary N) is 1. The van der Waals surface area contributed by atoms with E-state index in [2.05, 4.69) is 21.2 Å². The van der Waals surface area contributed by atoms with Crippen molar-refractivity contribution >= 4 is 43.2 Å². The predicted molar refractivity (Wildman–Crippen MR) is 92.5 cm³/mol. The second-order valence-electron chi connectivity index (χ2n) is 5.45. The van der Waals surface area contributed by atoms with E-state index < -0.39 is 10.0 Å². The lowest BCUT2D eigenvalue weighted by Gasteiger charge is -2.05. The summed E-state index contributed by atoms with van der Waals surface area (Å²) in [6.45, 7) is 0.318. The molecule has 2 aromatic rings. The van der Waals surface area contributed by atoms with E-state index in [1.807, 2.05) is 24.3 Å². The van der Waals surface area contributed by atoms with Crippen LogP contribution in [0.1, 0.15) is 22.8 Å². The summed E-state index contributed by atoms with van der Waals surface area (Å²) in [7, 11) is -3.67. The van der Waals surface area contributed by atoms with E-state index in [-0.39, 0.29) is 22.0 Å². The van der Waals surface area contributed by atoms with Gasteiger partial charge in [0.05, 0.1) is 6.54 Å². The minimum Gasteiger partial charge on any atom is -0.351 e. The van der Waals surface area contributed by atoms with Crippen LogP contribution in [0.3, 0.4) is 0 Å². The summed E-state index contributed by atoms with van der Waals surface area (Å²) in [6, 6.07) is 11.0. The maximum atomic E-state index is 12.2. The highest BCUT2D eigenvalue weighted by Crippen LogP contribution is 2.49. The van der Waals surface area contributed by atoms with Gasteiger partial charge in [-0.25, -0.2) is 13.6 Å². The highest BCUT2D eigenvalue weighted by atomic mass is 79.9. The van der Waals surface area contributed by atoms with Crippen molar-refractivity contribution in [2.75, 3.05) is 0 Å². The average molecular weight is 415 g/mol. The topological polar surface area (TPSA) is 89.3 Å². The summed E-state index contributed by atoms with van der Waals surface area (Å²) in [5, 5.41) is 7.94. The third-order valence-electron chi connectivity index (χ3n) is 3.79. The molecule has 1 heterocycles. The van der Waals surface area contributed by atoms with Gasteiger partial charge in [0.2, 0.25) is 15.9 Å². The number of hydrogen-bond donors (Lipinski definition) is 2. The molecule has 0 bridgehead atoms. The number of benzene rings is 1. The van der Waals surface area contributed by atoms with Gasteiger partial charge in [-0.15, -0.1) is 11.3 Å². The smallest absolute Gasteiger partial charge is 0.247 e. The SMILES string of the molecule is NS(=O)(=O)c1ccc(CNC(=O)[C@@H]2C[C@H]2c2ccccc2Br)s1. The molecule has 3 rings (SSSR count). The maximum Gasteiger partial charge on any atom is 0.247 e. The zero-order chi connectivity index (χ0) is 16.6. The predicted octanol–water partition coefficient (Wildman–Crippen LogP) is 2.58. The second-order valence-corrected chi connectivity index (χ2v) is 9.26. The van der Waals surface area contributed by atoms with Crippen molar-refractivity contribution in [2.45, 2.75) is 23.1 Å². The summed E-state index contributed by atoms with van der Waals surface area (Å²) in [5.41, 5.74) is 1.15. The third kappa shape index (κ3) is 3.82. The Hall–Kier alpha value is -1.22. The van der Waals surface area contributed by atoms with Gasteiger partial charge in [0.15, 0.2) is 0 Å². The fraction of sp³-hybridized carbons (Fsp3) is 0.267. The Labute approximate surface area is 147 Å². The Bertz CT molecular complexity index is 848. The molecule has 1 amide bonds. The van der Waals surface area contributed by atoms with Crippen molar-refractivity contribution in [3.63, 3.8) is 0 Å². The van der Waals surface area contributed by atoms with Crippen molar-refractivity contribution < 1.29 is 13.2 Å². The van der Waals surface area contributed by atoms with Crippen molar-refractivity contribution in [3.05, 3.63) is 51.3 Å². The normalized spacial score (nSPS) is 20.3. The Balaban J connectivity index is 1.57. The summed E-state index contributed by atoms with van der Waals surface area (Å²) in [5.74, 6) is 0.219. The van der Waals surface area contributed by atoms with E-state index in [1.54, 1.807) is 6.07 Å². The number of halogens is 1. The van der Waals surface area contributed by atoms with Crippen LogP contribution in [0.25, 0.3) is 0 Å². The van der Waals surface area contributed by atoms with Crippen LogP contribution in [0.4, 0.5) is 0 Å². The van der Waals surface area contributed by atoms with E-state index in [4.69, 9.17) is 5.14 Å². The lowest BCUT2D eigenvalue weighted by molar-refractivity contribution is -0.122. The Morgan fingerprint density at radius 2 is 2.04 bits per heavy atom. The molecule has 0 aliphatic heterocycles. The van der Waals surface area contributed by atoms with Crippen LogP contribution in [0.2, 0.25) is 0 Å². The number of nitrogens with one attached hydrogen (secondary N) is 1. The van der Waals surface area contributed by atoms with E-state index >= 15 is 0 Å². The molecule has 122 valence electrons. The van der Waals surface area contributed by atoms with Gasteiger partial charge in [0.25, 0.3) is 0 Å². The number of sulfonamides is 1. The molecule has 1 saturated carbocycles. The summed E-state index contributed by atoms with van der Waals surface area (Å²) >= 11 is 4.59. The fourth-order valence-corrected chi connectivity index (χ4v) is 4.81. The van der Waals surface area contributed by atoms with Crippen molar-refractivity contribution in [3.8, 4) is 0 Å². The van der Waals surface area contributed by atoms with Gasteiger partial charge in [0.1, 0.15) is 4.21 Å². The molecule has 1 fully saturated rings. The lowest BCUT2D eigenvalue weighted by Crippen LogP contribution is -2.24. The van der Waals surface area contributed by atoms with E-state index in [1.165, 1.54) is 6.07 Å². The quantitative estimate of drug-likeness (QED) is 0.787. The fourth-order valence-electron chi connectivity index (χ4n) is 2.52. The van der Waals surface area contributed by atoms with Crippen LogP contribution >= 0.6 is 27.3 Å². The number of carbonyl (C=O) groups is 1. The average Bonchev–Trinajstić information content (AvgIpc) is 3.12. The molecule has 3 N–H and O–H groups in total. The first kappa shape index (κ1) is 16.6. The largest absolute Gasteiger partial charge is 0.351 e. The molecule has 0 radical (unpaired) electrons. The van der Waals surface area contributed by atoms with Crippen molar-refractivity contribution in [1.82, 2.24) is 5.32 Å². The Morgan fingerprint density at radius 1 is 1.30 bits per heavy atom. The van der Waals surface area contributed by atoms with Gasteiger partial charge in [-0.05, 0) is 36.1 Å². The van der Waals surface area contributed by atoms with Crippen LogP contribution in [0.5, 0.6) is 0 Å². The minimum absolute atomic E-state index is 0.00342. The van der Waals surface area contributed by atoms with E-state index in [9.17, 15) is 13.2 Å². The van der Waals surface area contributed by atoms with Crippen LogP contribution in [-0.2, 0) is 21.4 Å². The first-order valence-electron chi connectivity index (χ1n) is 7.00. The van der Waals surface area contributed by atoms with Gasteiger partial charge in [-0.2, -0.15) is 0 Å². The standard InChI is InChI=1S/C15H15BrN2O3S2/c16-13-4-2-1-3-10(13)11-7-12(11)15(19)18-8-9-5-6-14(22-9)23(17,20)21/h1-6,11-12H,7-8H2,(H,18,19)(H2,17,20,21)/t11-,12+/m0/s1. The number of thiophene rings is 1. The summed E-state index contributed by atoms with van der Waals surface area (Å²) < 4.78 is 23.6. The Morgan fingerprint density at radius 3 is 2.70 bits per heavy atom. The monoisotopic (exact) mass is 414 g/mol. The molecular formula is C15H15BrN2O3S2. The number of primary sulfonamides is 1. The molecular weight excluding hydrogens is 400 g/mol. The highest BCUT2D eigenvalue weighted by Gasteiger charge is 2.44. The van der Waals surface area contributed by atoms with Crippen molar-refractivity contribution in [1.29, 1.82) is 0 Å². The summed E-state index contributed by atoms with van der Waals surface area (Å²) in [6.07, 6.45) is 0.835. The van der Waals surface area contributed by atoms with Crippen LogP contribution < -0.4 is 10.5 Å². The number of amides is 1. The maximum absolute atomic E-state index is 12.2. The molecule has 2 atom stereocenters. The van der Waals surface area contributed by atoms with Gasteiger partial charge >= 0.3 is 0 Å². The molecule has 1 aliphatic carbocycles. The molecule has 0 unspecified atom stereocenters. The molecule has 8 heteroatoms.